The van der Waals surface area contributed by atoms with Gasteiger partial charge in [-0.25, -0.2) is 4.79 Å². The van der Waals surface area contributed by atoms with Gasteiger partial charge in [0.25, 0.3) is 10.4 Å². The van der Waals surface area contributed by atoms with Crippen molar-refractivity contribution >= 4 is 33.5 Å². The summed E-state index contributed by atoms with van der Waals surface area (Å²) < 4.78 is 0.910. The lowest BCUT2D eigenvalue weighted by atomic mass is 10.1. The van der Waals surface area contributed by atoms with Gasteiger partial charge in [0.2, 0.25) is 0 Å². The number of nitro benzene ring substituents is 1. The number of aromatic nitrogens is 3. The minimum absolute atomic E-state index is 0.0422. The monoisotopic (exact) mass is 357 g/mol. The lowest BCUT2D eigenvalue weighted by molar-refractivity contribution is -0.394. The van der Waals surface area contributed by atoms with Gasteiger partial charge in [0.05, 0.1) is 10.6 Å². The summed E-state index contributed by atoms with van der Waals surface area (Å²) in [5, 5.41) is 33.9. The maximum atomic E-state index is 11.0. The molecule has 12 heteroatoms. The molecule has 0 bridgehead atoms. The summed E-state index contributed by atoms with van der Waals surface area (Å²) in [5.41, 5.74) is -1.09. The summed E-state index contributed by atoms with van der Waals surface area (Å²) in [7, 11) is 0. The van der Waals surface area contributed by atoms with E-state index in [1.807, 2.05) is 0 Å². The average Bonchev–Trinajstić information content (AvgIpc) is 2.80. The number of carboxylic acids is 1. The molecule has 1 heterocycles. The van der Waals surface area contributed by atoms with E-state index >= 15 is 0 Å². The van der Waals surface area contributed by atoms with Gasteiger partial charge in [-0.05, 0) is 22.0 Å². The van der Waals surface area contributed by atoms with Gasteiger partial charge in [-0.3, -0.25) is 10.1 Å². The highest BCUT2D eigenvalue weighted by Gasteiger charge is 2.25. The predicted octanol–water partition coefficient (Wildman–Crippen LogP) is 1.54. The normalized spacial score (nSPS) is 10.3. The third-order valence-corrected chi connectivity index (χ3v) is 2.88. The highest BCUT2D eigenvalue weighted by Crippen LogP contribution is 2.24. The summed E-state index contributed by atoms with van der Waals surface area (Å²) in [5.74, 6) is -2.20. The molecular formula is C9H4BrN5O6. The number of benzene rings is 1. The summed E-state index contributed by atoms with van der Waals surface area (Å²) in [4.78, 5) is 34.2. The van der Waals surface area contributed by atoms with Crippen LogP contribution in [0.4, 0.5) is 11.6 Å². The fourth-order valence-electron chi connectivity index (χ4n) is 1.51. The molecule has 0 radical (unpaired) electrons. The van der Waals surface area contributed by atoms with Crippen LogP contribution >= 0.6 is 15.9 Å². The first-order valence-electron chi connectivity index (χ1n) is 5.10. The molecule has 0 aliphatic rings. The topological polar surface area (TPSA) is 154 Å². The van der Waals surface area contributed by atoms with E-state index in [1.165, 1.54) is 6.07 Å². The van der Waals surface area contributed by atoms with E-state index in [9.17, 15) is 25.0 Å². The highest BCUT2D eigenvalue weighted by molar-refractivity contribution is 9.10. The van der Waals surface area contributed by atoms with Crippen molar-refractivity contribution in [2.45, 2.75) is 0 Å². The zero-order valence-electron chi connectivity index (χ0n) is 9.83. The molecule has 0 fully saturated rings. The SMILES string of the molecule is O=C(O)c1cc(-n2nc([N+](=O)[O-])nc2Br)ccc1[N+](=O)[O-]. The van der Waals surface area contributed by atoms with Crippen molar-refractivity contribution in [2.75, 3.05) is 0 Å². The van der Waals surface area contributed by atoms with Gasteiger partial charge < -0.3 is 15.2 Å². The lowest BCUT2D eigenvalue weighted by Crippen LogP contribution is -2.06. The third kappa shape index (κ3) is 2.69. The molecule has 1 N–H and O–H groups in total. The number of rotatable bonds is 4. The van der Waals surface area contributed by atoms with Gasteiger partial charge in [0, 0.05) is 27.1 Å². The summed E-state index contributed by atoms with van der Waals surface area (Å²) >= 11 is 2.93. The van der Waals surface area contributed by atoms with Gasteiger partial charge in [0.1, 0.15) is 5.56 Å². The van der Waals surface area contributed by atoms with Crippen LogP contribution in [0.1, 0.15) is 10.4 Å². The third-order valence-electron chi connectivity index (χ3n) is 2.37. The summed E-state index contributed by atoms with van der Waals surface area (Å²) in [6, 6.07) is 3.15. The largest absolute Gasteiger partial charge is 0.492 e. The number of nitrogens with zero attached hydrogens (tertiary/aromatic N) is 5. The molecule has 0 aliphatic heterocycles. The van der Waals surface area contributed by atoms with Crippen molar-refractivity contribution in [2.24, 2.45) is 0 Å². The van der Waals surface area contributed by atoms with Crippen molar-refractivity contribution in [3.63, 3.8) is 0 Å². The smallest absolute Gasteiger partial charge is 0.477 e. The fraction of sp³-hybridized carbons (Fsp3) is 0. The van der Waals surface area contributed by atoms with Crippen LogP contribution in [0.25, 0.3) is 5.69 Å². The number of hydrogen-bond acceptors (Lipinski definition) is 7. The molecule has 1 aromatic carbocycles. The van der Waals surface area contributed by atoms with Crippen molar-refractivity contribution < 1.29 is 19.7 Å². The molecule has 0 amide bonds. The van der Waals surface area contributed by atoms with E-state index in [1.54, 1.807) is 0 Å². The second-order valence-electron chi connectivity index (χ2n) is 3.61. The predicted molar refractivity (Wildman–Crippen MR) is 69.3 cm³/mol. The molecule has 2 aromatic rings. The molecule has 0 saturated carbocycles. The van der Waals surface area contributed by atoms with E-state index in [2.05, 4.69) is 26.0 Å². The Kier molecular flexibility index (Phi) is 3.62. The molecule has 11 nitrogen and oxygen atoms in total. The Hall–Kier alpha value is -2.89. The van der Waals surface area contributed by atoms with Crippen LogP contribution in [0.3, 0.4) is 0 Å². The van der Waals surface area contributed by atoms with Crippen LogP contribution < -0.4 is 0 Å². The highest BCUT2D eigenvalue weighted by atomic mass is 79.9. The molecule has 2 rings (SSSR count). The van der Waals surface area contributed by atoms with Crippen LogP contribution in [-0.4, -0.2) is 35.7 Å². The molecule has 1 aromatic heterocycles. The average molecular weight is 358 g/mol. The van der Waals surface area contributed by atoms with E-state index in [4.69, 9.17) is 5.11 Å². The van der Waals surface area contributed by atoms with Crippen LogP contribution in [-0.2, 0) is 0 Å². The van der Waals surface area contributed by atoms with Crippen molar-refractivity contribution in [1.29, 1.82) is 0 Å². The fourth-order valence-corrected chi connectivity index (χ4v) is 1.95. The molecule has 0 aliphatic carbocycles. The molecule has 0 saturated heterocycles. The van der Waals surface area contributed by atoms with E-state index in [0.717, 1.165) is 16.8 Å². The van der Waals surface area contributed by atoms with Crippen LogP contribution in [0, 0.1) is 20.2 Å². The van der Waals surface area contributed by atoms with Gasteiger partial charge in [-0.2, -0.15) is 0 Å². The van der Waals surface area contributed by atoms with Crippen molar-refractivity contribution in [1.82, 2.24) is 14.8 Å². The maximum Gasteiger partial charge on any atom is 0.492 e. The van der Waals surface area contributed by atoms with E-state index in [0.29, 0.717) is 0 Å². The van der Waals surface area contributed by atoms with Crippen molar-refractivity contribution in [3.8, 4) is 5.69 Å². The minimum Gasteiger partial charge on any atom is -0.477 e. The number of carboxylic acid groups (broad SMARTS) is 1. The first-order chi connectivity index (χ1) is 9.81. The summed E-state index contributed by atoms with van der Waals surface area (Å²) in [6.45, 7) is 0. The maximum absolute atomic E-state index is 11.0. The molecule has 0 atom stereocenters. The van der Waals surface area contributed by atoms with E-state index in [-0.39, 0.29) is 10.4 Å². The number of nitro groups is 2. The Balaban J connectivity index is 2.60. The first kappa shape index (κ1) is 14.5. The second kappa shape index (κ2) is 5.24. The minimum atomic E-state index is -1.51. The zero-order chi connectivity index (χ0) is 15.7. The van der Waals surface area contributed by atoms with E-state index < -0.39 is 33.0 Å². The van der Waals surface area contributed by atoms with Crippen LogP contribution in [0.15, 0.2) is 22.9 Å². The van der Waals surface area contributed by atoms with Gasteiger partial charge >= 0.3 is 11.9 Å². The van der Waals surface area contributed by atoms with Gasteiger partial charge in [-0.1, -0.05) is 0 Å². The summed E-state index contributed by atoms with van der Waals surface area (Å²) in [6.07, 6.45) is 0. The Morgan fingerprint density at radius 1 is 1.29 bits per heavy atom. The second-order valence-corrected chi connectivity index (χ2v) is 4.32. The number of hydrogen-bond donors (Lipinski definition) is 1. The molecular weight excluding hydrogens is 354 g/mol. The standard InChI is InChI=1S/C9H4BrN5O6/c10-8-11-9(15(20)21)12-13(8)4-1-2-6(14(18)19)5(3-4)7(16)17/h1-3H,(H,16,17). The molecule has 0 spiro atoms. The zero-order valence-corrected chi connectivity index (χ0v) is 11.4. The Labute approximate surface area is 123 Å². The quantitative estimate of drug-likeness (QED) is 0.637. The molecule has 21 heavy (non-hydrogen) atoms. The van der Waals surface area contributed by atoms with Gasteiger partial charge in [-0.15, -0.1) is 4.68 Å². The Morgan fingerprint density at radius 2 is 1.95 bits per heavy atom. The van der Waals surface area contributed by atoms with Crippen LogP contribution in [0.2, 0.25) is 0 Å². The molecule has 0 unspecified atom stereocenters. The Bertz CT molecular complexity index is 772. The number of carbonyl (C=O) groups is 1. The van der Waals surface area contributed by atoms with Crippen molar-refractivity contribution in [3.05, 3.63) is 48.7 Å². The van der Waals surface area contributed by atoms with Crippen LogP contribution in [0.5, 0.6) is 0 Å². The first-order valence-corrected chi connectivity index (χ1v) is 5.89. The Morgan fingerprint density at radius 3 is 2.43 bits per heavy atom. The number of aromatic carboxylic acids is 1. The molecule has 108 valence electrons. The van der Waals surface area contributed by atoms with Gasteiger partial charge in [0.15, 0.2) is 0 Å². The number of halogens is 1. The lowest BCUT2D eigenvalue weighted by Gasteiger charge is -2.01.